The zero-order valence-corrected chi connectivity index (χ0v) is 11.4. The fourth-order valence-electron chi connectivity index (χ4n) is 3.30. The second-order valence-electron chi connectivity index (χ2n) is 5.83. The number of likely N-dealkylation sites (tertiary alicyclic amines) is 1. The average Bonchev–Trinajstić information content (AvgIpc) is 2.86. The van der Waals surface area contributed by atoms with Crippen LogP contribution in [0.4, 0.5) is 0 Å². The van der Waals surface area contributed by atoms with E-state index in [-0.39, 0.29) is 18.2 Å². The summed E-state index contributed by atoms with van der Waals surface area (Å²) in [5.74, 6) is -0.140. The summed E-state index contributed by atoms with van der Waals surface area (Å²) in [6, 6.07) is 8.12. The molecule has 1 heterocycles. The van der Waals surface area contributed by atoms with Gasteiger partial charge in [0.05, 0.1) is 5.92 Å². The van der Waals surface area contributed by atoms with Gasteiger partial charge in [-0.25, -0.2) is 0 Å². The number of benzene rings is 1. The van der Waals surface area contributed by atoms with Crippen molar-refractivity contribution < 1.29 is 14.7 Å². The lowest BCUT2D eigenvalue weighted by molar-refractivity contribution is -0.137. The van der Waals surface area contributed by atoms with Crippen LogP contribution in [-0.2, 0) is 16.0 Å². The van der Waals surface area contributed by atoms with E-state index in [4.69, 9.17) is 5.11 Å². The van der Waals surface area contributed by atoms with Crippen molar-refractivity contribution in [2.24, 2.45) is 5.92 Å². The number of nitrogens with zero attached hydrogens (tertiary/aromatic N) is 1. The standard InChI is InChI=1S/C16H19NO3/c18-15(19)6-5-11-7-8-17(10-11)16(20)14-9-12-3-1-2-4-13(12)14/h1-4,11,14H,5-10H2,(H,18,19). The first-order valence-corrected chi connectivity index (χ1v) is 7.23. The minimum atomic E-state index is -0.748. The second kappa shape index (κ2) is 5.27. The van der Waals surface area contributed by atoms with Gasteiger partial charge < -0.3 is 10.0 Å². The predicted molar refractivity (Wildman–Crippen MR) is 74.4 cm³/mol. The van der Waals surface area contributed by atoms with Crippen LogP contribution < -0.4 is 0 Å². The highest BCUT2D eigenvalue weighted by Crippen LogP contribution is 2.37. The van der Waals surface area contributed by atoms with Gasteiger partial charge in [0, 0.05) is 19.5 Å². The summed E-state index contributed by atoms with van der Waals surface area (Å²) in [5, 5.41) is 8.71. The minimum absolute atomic E-state index is 0.0319. The quantitative estimate of drug-likeness (QED) is 0.913. The Morgan fingerprint density at radius 2 is 2.10 bits per heavy atom. The van der Waals surface area contributed by atoms with Crippen LogP contribution in [0.1, 0.15) is 36.3 Å². The van der Waals surface area contributed by atoms with Crippen molar-refractivity contribution in [2.75, 3.05) is 13.1 Å². The normalized spacial score (nSPS) is 24.1. The first-order chi connectivity index (χ1) is 9.65. The van der Waals surface area contributed by atoms with Gasteiger partial charge in [-0.2, -0.15) is 0 Å². The Morgan fingerprint density at radius 1 is 1.30 bits per heavy atom. The van der Waals surface area contributed by atoms with E-state index < -0.39 is 5.97 Å². The van der Waals surface area contributed by atoms with Crippen LogP contribution in [0.2, 0.25) is 0 Å². The van der Waals surface area contributed by atoms with Crippen LogP contribution in [0, 0.1) is 5.92 Å². The molecule has 0 radical (unpaired) electrons. The molecular weight excluding hydrogens is 254 g/mol. The molecule has 4 nitrogen and oxygen atoms in total. The van der Waals surface area contributed by atoms with E-state index in [9.17, 15) is 9.59 Å². The zero-order valence-electron chi connectivity index (χ0n) is 11.4. The lowest BCUT2D eigenvalue weighted by atomic mass is 9.77. The summed E-state index contributed by atoms with van der Waals surface area (Å²) < 4.78 is 0. The number of rotatable bonds is 4. The molecule has 3 rings (SSSR count). The smallest absolute Gasteiger partial charge is 0.303 e. The van der Waals surface area contributed by atoms with E-state index in [1.165, 1.54) is 11.1 Å². The van der Waals surface area contributed by atoms with E-state index in [2.05, 4.69) is 6.07 Å². The predicted octanol–water partition coefficient (Wildman–Crippen LogP) is 2.04. The van der Waals surface area contributed by atoms with Gasteiger partial charge in [0.25, 0.3) is 0 Å². The van der Waals surface area contributed by atoms with Gasteiger partial charge in [-0.3, -0.25) is 9.59 Å². The van der Waals surface area contributed by atoms with Crippen molar-refractivity contribution in [3.05, 3.63) is 35.4 Å². The summed E-state index contributed by atoms with van der Waals surface area (Å²) in [6.07, 6.45) is 2.68. The highest BCUT2D eigenvalue weighted by Gasteiger charge is 2.37. The Kier molecular flexibility index (Phi) is 3.47. The molecule has 1 fully saturated rings. The molecule has 2 atom stereocenters. The molecule has 1 aromatic carbocycles. The molecule has 106 valence electrons. The van der Waals surface area contributed by atoms with E-state index in [0.717, 1.165) is 25.9 Å². The lowest BCUT2D eigenvalue weighted by Crippen LogP contribution is -2.38. The van der Waals surface area contributed by atoms with Crippen LogP contribution in [0.5, 0.6) is 0 Å². The van der Waals surface area contributed by atoms with Gasteiger partial charge in [-0.1, -0.05) is 24.3 Å². The van der Waals surface area contributed by atoms with Crippen LogP contribution in [0.15, 0.2) is 24.3 Å². The van der Waals surface area contributed by atoms with Crippen LogP contribution in [-0.4, -0.2) is 35.0 Å². The first-order valence-electron chi connectivity index (χ1n) is 7.23. The molecule has 20 heavy (non-hydrogen) atoms. The zero-order chi connectivity index (χ0) is 14.1. The topological polar surface area (TPSA) is 57.6 Å². The summed E-state index contributed by atoms with van der Waals surface area (Å²) in [6.45, 7) is 1.51. The van der Waals surface area contributed by atoms with Crippen molar-refractivity contribution in [2.45, 2.75) is 31.6 Å². The number of carbonyl (C=O) groups excluding carboxylic acids is 1. The summed E-state index contributed by atoms with van der Waals surface area (Å²) >= 11 is 0. The van der Waals surface area contributed by atoms with Crippen molar-refractivity contribution in [1.82, 2.24) is 4.90 Å². The van der Waals surface area contributed by atoms with Crippen molar-refractivity contribution in [3.8, 4) is 0 Å². The molecule has 0 saturated carbocycles. The highest BCUT2D eigenvalue weighted by molar-refractivity contribution is 5.87. The number of hydrogen-bond acceptors (Lipinski definition) is 2. The molecule has 1 aliphatic heterocycles. The van der Waals surface area contributed by atoms with E-state index in [1.54, 1.807) is 0 Å². The first kappa shape index (κ1) is 13.2. The Labute approximate surface area is 118 Å². The maximum Gasteiger partial charge on any atom is 0.303 e. The fourth-order valence-corrected chi connectivity index (χ4v) is 3.30. The molecule has 0 aromatic heterocycles. The third-order valence-corrected chi connectivity index (χ3v) is 4.52. The number of carboxylic acids is 1. The number of aliphatic carboxylic acids is 1. The lowest BCUT2D eigenvalue weighted by Gasteiger charge is -2.32. The average molecular weight is 273 g/mol. The molecular formula is C16H19NO3. The number of carbonyl (C=O) groups is 2. The van der Waals surface area contributed by atoms with Crippen molar-refractivity contribution in [1.29, 1.82) is 0 Å². The third-order valence-electron chi connectivity index (χ3n) is 4.52. The van der Waals surface area contributed by atoms with Gasteiger partial charge >= 0.3 is 5.97 Å². The van der Waals surface area contributed by atoms with Gasteiger partial charge in [0.15, 0.2) is 0 Å². The van der Waals surface area contributed by atoms with Crippen LogP contribution in [0.25, 0.3) is 0 Å². The summed E-state index contributed by atoms with van der Waals surface area (Å²) in [5.41, 5.74) is 2.46. The Balaban J connectivity index is 1.56. The largest absolute Gasteiger partial charge is 0.481 e. The van der Waals surface area contributed by atoms with Crippen molar-refractivity contribution >= 4 is 11.9 Å². The fraction of sp³-hybridized carbons (Fsp3) is 0.500. The SMILES string of the molecule is O=C(O)CCC1CCN(C(=O)C2Cc3ccccc32)C1. The maximum atomic E-state index is 12.5. The Morgan fingerprint density at radius 3 is 2.85 bits per heavy atom. The molecule has 1 aromatic rings. The van der Waals surface area contributed by atoms with Gasteiger partial charge in [0.2, 0.25) is 5.91 Å². The number of amides is 1. The van der Waals surface area contributed by atoms with E-state index in [0.29, 0.717) is 12.3 Å². The Bertz CT molecular complexity index is 540. The van der Waals surface area contributed by atoms with Gasteiger partial charge in [0.1, 0.15) is 0 Å². The highest BCUT2D eigenvalue weighted by atomic mass is 16.4. The molecule has 0 bridgehead atoms. The second-order valence-corrected chi connectivity index (χ2v) is 5.83. The van der Waals surface area contributed by atoms with E-state index in [1.807, 2.05) is 23.1 Å². The van der Waals surface area contributed by atoms with E-state index >= 15 is 0 Å². The molecule has 1 aliphatic carbocycles. The summed E-state index contributed by atoms with van der Waals surface area (Å²) in [7, 11) is 0. The monoisotopic (exact) mass is 273 g/mol. The van der Waals surface area contributed by atoms with Gasteiger partial charge in [-0.15, -0.1) is 0 Å². The molecule has 1 saturated heterocycles. The number of carboxylic acid groups (broad SMARTS) is 1. The maximum absolute atomic E-state index is 12.5. The molecule has 2 aliphatic rings. The number of fused-ring (bicyclic) bond motifs is 1. The van der Waals surface area contributed by atoms with Crippen molar-refractivity contribution in [3.63, 3.8) is 0 Å². The summed E-state index contributed by atoms with van der Waals surface area (Å²) in [4.78, 5) is 25.0. The molecule has 1 amide bonds. The van der Waals surface area contributed by atoms with Crippen LogP contribution in [0.3, 0.4) is 0 Å². The molecule has 4 heteroatoms. The Hall–Kier alpha value is -1.84. The van der Waals surface area contributed by atoms with Crippen LogP contribution >= 0.6 is 0 Å². The van der Waals surface area contributed by atoms with Gasteiger partial charge in [-0.05, 0) is 36.3 Å². The number of hydrogen-bond donors (Lipinski definition) is 1. The molecule has 0 spiro atoms. The molecule has 2 unspecified atom stereocenters. The molecule has 1 N–H and O–H groups in total. The minimum Gasteiger partial charge on any atom is -0.481 e. The third kappa shape index (κ3) is 2.42.